The van der Waals surface area contributed by atoms with Crippen LogP contribution in [0.4, 0.5) is 5.69 Å². The first-order valence-corrected chi connectivity index (χ1v) is 6.14. The number of hydrogen-bond donors (Lipinski definition) is 1. The predicted molar refractivity (Wildman–Crippen MR) is 68.8 cm³/mol. The van der Waals surface area contributed by atoms with Crippen LogP contribution in [0.2, 0.25) is 5.02 Å². The molecule has 1 atom stereocenters. The molecule has 6 heteroatoms. The van der Waals surface area contributed by atoms with Gasteiger partial charge in [0.1, 0.15) is 0 Å². The topological polar surface area (TPSA) is 64.4 Å². The molecule has 98 valence electrons. The van der Waals surface area contributed by atoms with E-state index in [1.54, 1.807) is 6.07 Å². The molecule has 0 aromatic heterocycles. The van der Waals surface area contributed by atoms with Crippen molar-refractivity contribution in [2.24, 2.45) is 0 Å². The number of hydrogen-bond acceptors (Lipinski definition) is 4. The van der Waals surface area contributed by atoms with Crippen molar-refractivity contribution in [2.45, 2.75) is 25.4 Å². The Balaban J connectivity index is 2.12. The van der Waals surface area contributed by atoms with E-state index in [1.165, 1.54) is 12.1 Å². The van der Waals surface area contributed by atoms with Crippen molar-refractivity contribution in [2.75, 3.05) is 13.2 Å². The number of nitrogens with zero attached hydrogens (tertiary/aromatic N) is 1. The first-order chi connectivity index (χ1) is 8.50. The number of nitrogens with one attached hydrogen (secondary N) is 1. The second-order valence-electron chi connectivity index (χ2n) is 4.75. The number of nitro benzene ring substituents is 1. The van der Waals surface area contributed by atoms with E-state index in [1.807, 2.05) is 0 Å². The summed E-state index contributed by atoms with van der Waals surface area (Å²) in [4.78, 5) is 10.5. The van der Waals surface area contributed by atoms with Crippen molar-refractivity contribution >= 4 is 17.3 Å². The Hall–Kier alpha value is -1.17. The van der Waals surface area contributed by atoms with E-state index in [2.05, 4.69) is 12.2 Å². The fourth-order valence-corrected chi connectivity index (χ4v) is 2.18. The van der Waals surface area contributed by atoms with Gasteiger partial charge in [-0.3, -0.25) is 10.1 Å². The van der Waals surface area contributed by atoms with E-state index >= 15 is 0 Å². The molecule has 0 spiro atoms. The maximum Gasteiger partial charge on any atom is 0.273 e. The Morgan fingerprint density at radius 1 is 1.61 bits per heavy atom. The highest BCUT2D eigenvalue weighted by molar-refractivity contribution is 6.30. The van der Waals surface area contributed by atoms with Crippen LogP contribution in [0.25, 0.3) is 0 Å². The van der Waals surface area contributed by atoms with Gasteiger partial charge in [0.25, 0.3) is 5.69 Å². The smallest absolute Gasteiger partial charge is 0.273 e. The molecule has 1 aromatic rings. The SMILES string of the molecule is CC1(NCc2cc(Cl)ccc2[N+](=O)[O-])CCOC1. The van der Waals surface area contributed by atoms with Gasteiger partial charge in [0.15, 0.2) is 0 Å². The summed E-state index contributed by atoms with van der Waals surface area (Å²) < 4.78 is 5.33. The summed E-state index contributed by atoms with van der Waals surface area (Å²) in [6.07, 6.45) is 0.904. The molecule has 1 unspecified atom stereocenters. The monoisotopic (exact) mass is 270 g/mol. The van der Waals surface area contributed by atoms with Crippen LogP contribution in [0.1, 0.15) is 18.9 Å². The molecular weight excluding hydrogens is 256 g/mol. The standard InChI is InChI=1S/C12H15ClN2O3/c1-12(4-5-18-8-12)14-7-9-6-10(13)2-3-11(9)15(16)17/h2-3,6,14H,4-5,7-8H2,1H3. The molecule has 18 heavy (non-hydrogen) atoms. The molecule has 0 saturated carbocycles. The fraction of sp³-hybridized carbons (Fsp3) is 0.500. The number of ether oxygens (including phenoxy) is 1. The molecule has 1 aliphatic heterocycles. The van der Waals surface area contributed by atoms with Gasteiger partial charge in [0, 0.05) is 35.3 Å². The Kier molecular flexibility index (Phi) is 3.85. The van der Waals surface area contributed by atoms with E-state index in [9.17, 15) is 10.1 Å². The van der Waals surface area contributed by atoms with Crippen LogP contribution in [0.5, 0.6) is 0 Å². The molecular formula is C12H15ClN2O3. The van der Waals surface area contributed by atoms with Crippen LogP contribution >= 0.6 is 11.6 Å². The first-order valence-electron chi connectivity index (χ1n) is 5.76. The quantitative estimate of drug-likeness (QED) is 0.674. The van der Waals surface area contributed by atoms with Gasteiger partial charge in [0.2, 0.25) is 0 Å². The number of benzene rings is 1. The van der Waals surface area contributed by atoms with Crippen molar-refractivity contribution < 1.29 is 9.66 Å². The zero-order valence-corrected chi connectivity index (χ0v) is 10.9. The van der Waals surface area contributed by atoms with E-state index in [4.69, 9.17) is 16.3 Å². The third-order valence-corrected chi connectivity index (χ3v) is 3.40. The molecule has 1 heterocycles. The summed E-state index contributed by atoms with van der Waals surface area (Å²) >= 11 is 5.88. The number of rotatable bonds is 4. The van der Waals surface area contributed by atoms with Gasteiger partial charge < -0.3 is 10.1 Å². The van der Waals surface area contributed by atoms with Gasteiger partial charge in [-0.25, -0.2) is 0 Å². The Bertz CT molecular complexity index is 459. The Labute approximate surface area is 110 Å². The Morgan fingerprint density at radius 2 is 2.39 bits per heavy atom. The Morgan fingerprint density at radius 3 is 3.00 bits per heavy atom. The van der Waals surface area contributed by atoms with Crippen LogP contribution in [-0.2, 0) is 11.3 Å². The largest absolute Gasteiger partial charge is 0.379 e. The maximum absolute atomic E-state index is 10.9. The van der Waals surface area contributed by atoms with Gasteiger partial charge in [-0.05, 0) is 25.5 Å². The van der Waals surface area contributed by atoms with Crippen LogP contribution < -0.4 is 5.32 Å². The van der Waals surface area contributed by atoms with Crippen molar-refractivity contribution in [1.29, 1.82) is 0 Å². The lowest BCUT2D eigenvalue weighted by Gasteiger charge is -2.23. The zero-order valence-electron chi connectivity index (χ0n) is 10.1. The van der Waals surface area contributed by atoms with Crippen LogP contribution in [0.3, 0.4) is 0 Å². The molecule has 1 saturated heterocycles. The van der Waals surface area contributed by atoms with Gasteiger partial charge in [-0.2, -0.15) is 0 Å². The van der Waals surface area contributed by atoms with E-state index in [0.717, 1.165) is 13.0 Å². The molecule has 1 aliphatic rings. The molecule has 0 aliphatic carbocycles. The van der Waals surface area contributed by atoms with Gasteiger partial charge in [-0.1, -0.05) is 11.6 Å². The van der Waals surface area contributed by atoms with E-state index in [0.29, 0.717) is 23.7 Å². The summed E-state index contributed by atoms with van der Waals surface area (Å²) in [5.41, 5.74) is 0.575. The fourth-order valence-electron chi connectivity index (χ4n) is 1.99. The average Bonchev–Trinajstić information content (AvgIpc) is 2.74. The van der Waals surface area contributed by atoms with Crippen LogP contribution in [0.15, 0.2) is 18.2 Å². The summed E-state index contributed by atoms with van der Waals surface area (Å²) in [6, 6.07) is 4.60. The first kappa shape index (κ1) is 13.3. The summed E-state index contributed by atoms with van der Waals surface area (Å²) in [7, 11) is 0. The van der Waals surface area contributed by atoms with Gasteiger partial charge in [0.05, 0.1) is 11.5 Å². The zero-order chi connectivity index (χ0) is 13.2. The van der Waals surface area contributed by atoms with Crippen molar-refractivity contribution in [3.8, 4) is 0 Å². The highest BCUT2D eigenvalue weighted by Gasteiger charge is 2.29. The normalized spacial score (nSPS) is 23.2. The minimum absolute atomic E-state index is 0.0921. The molecule has 1 aromatic carbocycles. The lowest BCUT2D eigenvalue weighted by Crippen LogP contribution is -2.42. The molecule has 1 N–H and O–H groups in total. The molecule has 0 amide bonds. The van der Waals surface area contributed by atoms with E-state index < -0.39 is 0 Å². The van der Waals surface area contributed by atoms with E-state index in [-0.39, 0.29) is 16.1 Å². The third kappa shape index (κ3) is 2.98. The van der Waals surface area contributed by atoms with Crippen LogP contribution in [0, 0.1) is 10.1 Å². The molecule has 1 fully saturated rings. The highest BCUT2D eigenvalue weighted by Crippen LogP contribution is 2.24. The molecule has 0 bridgehead atoms. The molecule has 5 nitrogen and oxygen atoms in total. The average molecular weight is 271 g/mol. The van der Waals surface area contributed by atoms with Gasteiger partial charge in [-0.15, -0.1) is 0 Å². The summed E-state index contributed by atoms with van der Waals surface area (Å²) in [5, 5.41) is 14.7. The maximum atomic E-state index is 10.9. The summed E-state index contributed by atoms with van der Waals surface area (Å²) in [5.74, 6) is 0. The lowest BCUT2D eigenvalue weighted by molar-refractivity contribution is -0.385. The minimum atomic E-state index is -0.388. The van der Waals surface area contributed by atoms with Crippen molar-refractivity contribution in [1.82, 2.24) is 5.32 Å². The number of halogens is 1. The second kappa shape index (κ2) is 5.22. The third-order valence-electron chi connectivity index (χ3n) is 3.16. The predicted octanol–water partition coefficient (Wildman–Crippen LogP) is 2.52. The van der Waals surface area contributed by atoms with Crippen molar-refractivity contribution in [3.63, 3.8) is 0 Å². The van der Waals surface area contributed by atoms with Crippen molar-refractivity contribution in [3.05, 3.63) is 38.9 Å². The van der Waals surface area contributed by atoms with Crippen LogP contribution in [-0.4, -0.2) is 23.7 Å². The number of nitro groups is 1. The lowest BCUT2D eigenvalue weighted by atomic mass is 10.0. The highest BCUT2D eigenvalue weighted by atomic mass is 35.5. The second-order valence-corrected chi connectivity index (χ2v) is 5.18. The molecule has 0 radical (unpaired) electrons. The minimum Gasteiger partial charge on any atom is -0.379 e. The summed E-state index contributed by atoms with van der Waals surface area (Å²) in [6.45, 7) is 3.82. The van der Waals surface area contributed by atoms with Gasteiger partial charge >= 0.3 is 0 Å². The molecule has 2 rings (SSSR count).